The highest BCUT2D eigenvalue weighted by Gasteiger charge is 2.67. The molecule has 0 N–H and O–H groups in total. The Morgan fingerprint density at radius 3 is 2.52 bits per heavy atom. The number of terminal acetylenes is 1. The minimum absolute atomic E-state index is 0.118. The molecular weight excluding hydrogens is 419 g/mol. The zero-order valence-corrected chi connectivity index (χ0v) is 18.3. The molecule has 5 atom stereocenters. The van der Waals surface area contributed by atoms with Crippen LogP contribution in [-0.4, -0.2) is 48.4 Å². The second-order valence-electron chi connectivity index (χ2n) is 8.31. The maximum atomic E-state index is 6.32. The van der Waals surface area contributed by atoms with Crippen LogP contribution in [0.1, 0.15) is 33.3 Å². The predicted molar refractivity (Wildman–Crippen MR) is 106 cm³/mol. The molecule has 6 nitrogen and oxygen atoms in total. The Balaban J connectivity index is 1.65. The van der Waals surface area contributed by atoms with Crippen molar-refractivity contribution in [2.75, 3.05) is 6.61 Å². The number of halogens is 2. The lowest BCUT2D eigenvalue weighted by Gasteiger charge is -2.36. The molecule has 0 bridgehead atoms. The van der Waals surface area contributed by atoms with Crippen molar-refractivity contribution >= 4 is 23.2 Å². The number of hydrogen-bond acceptors (Lipinski definition) is 6. The van der Waals surface area contributed by atoms with Gasteiger partial charge in [-0.15, -0.1) is 6.42 Å². The Bertz CT molecular complexity index is 835. The van der Waals surface area contributed by atoms with Gasteiger partial charge in [0, 0.05) is 10.0 Å². The number of benzene rings is 1. The molecule has 0 aliphatic carbocycles. The van der Waals surface area contributed by atoms with E-state index < -0.39 is 41.8 Å². The largest absolute Gasteiger partial charge is 0.352 e. The second-order valence-corrected chi connectivity index (χ2v) is 9.15. The smallest absolute Gasteiger partial charge is 0.191 e. The van der Waals surface area contributed by atoms with E-state index >= 15 is 0 Å². The van der Waals surface area contributed by atoms with Crippen LogP contribution in [0, 0.1) is 12.3 Å². The zero-order chi connectivity index (χ0) is 21.0. The van der Waals surface area contributed by atoms with Gasteiger partial charge in [0.25, 0.3) is 0 Å². The summed E-state index contributed by atoms with van der Waals surface area (Å²) in [5.41, 5.74) is -0.559. The monoisotopic (exact) mass is 442 g/mol. The van der Waals surface area contributed by atoms with E-state index in [4.69, 9.17) is 58.0 Å². The van der Waals surface area contributed by atoms with E-state index in [2.05, 4.69) is 5.92 Å². The first-order chi connectivity index (χ1) is 13.6. The first-order valence-corrected chi connectivity index (χ1v) is 10.2. The fourth-order valence-corrected chi connectivity index (χ4v) is 4.34. The molecule has 0 radical (unpaired) electrons. The van der Waals surface area contributed by atoms with E-state index in [0.717, 1.165) is 0 Å². The molecule has 0 unspecified atom stereocenters. The van der Waals surface area contributed by atoms with Gasteiger partial charge in [-0.05, 0) is 51.5 Å². The first kappa shape index (κ1) is 21.4. The summed E-state index contributed by atoms with van der Waals surface area (Å²) in [6.45, 7) is 7.71. The minimum atomic E-state index is -1.27. The van der Waals surface area contributed by atoms with Crippen molar-refractivity contribution in [1.29, 1.82) is 0 Å². The van der Waals surface area contributed by atoms with Crippen molar-refractivity contribution < 1.29 is 28.4 Å². The van der Waals surface area contributed by atoms with Crippen LogP contribution in [0.5, 0.6) is 0 Å². The van der Waals surface area contributed by atoms with Gasteiger partial charge in [0.15, 0.2) is 29.6 Å². The molecule has 0 saturated carbocycles. The summed E-state index contributed by atoms with van der Waals surface area (Å²) in [5, 5.41) is 1.08. The maximum Gasteiger partial charge on any atom is 0.191 e. The Morgan fingerprint density at radius 1 is 1.10 bits per heavy atom. The van der Waals surface area contributed by atoms with Crippen LogP contribution in [0.4, 0.5) is 0 Å². The lowest BCUT2D eigenvalue weighted by molar-refractivity contribution is -0.247. The van der Waals surface area contributed by atoms with Crippen molar-refractivity contribution in [1.82, 2.24) is 0 Å². The van der Waals surface area contributed by atoms with Gasteiger partial charge >= 0.3 is 0 Å². The van der Waals surface area contributed by atoms with E-state index in [0.29, 0.717) is 22.2 Å². The first-order valence-electron chi connectivity index (χ1n) is 9.44. The van der Waals surface area contributed by atoms with Gasteiger partial charge in [0.05, 0.1) is 13.2 Å². The van der Waals surface area contributed by atoms with Crippen LogP contribution in [0.2, 0.25) is 10.0 Å². The van der Waals surface area contributed by atoms with Crippen LogP contribution < -0.4 is 0 Å². The molecule has 1 aromatic rings. The van der Waals surface area contributed by atoms with Gasteiger partial charge in [-0.2, -0.15) is 0 Å². The quantitative estimate of drug-likeness (QED) is 0.658. The van der Waals surface area contributed by atoms with Crippen molar-refractivity contribution in [3.05, 3.63) is 33.8 Å². The number of hydrogen-bond donors (Lipinski definition) is 0. The molecule has 0 amide bonds. The van der Waals surface area contributed by atoms with E-state index in [1.165, 1.54) is 0 Å². The van der Waals surface area contributed by atoms with Gasteiger partial charge in [0.2, 0.25) is 0 Å². The molecule has 3 saturated heterocycles. The Morgan fingerprint density at radius 2 is 1.86 bits per heavy atom. The van der Waals surface area contributed by atoms with Gasteiger partial charge in [-0.3, -0.25) is 0 Å². The summed E-state index contributed by atoms with van der Waals surface area (Å²) in [6, 6.07) is 5.17. The molecule has 0 aromatic heterocycles. The van der Waals surface area contributed by atoms with Crippen LogP contribution in [-0.2, 0) is 35.0 Å². The van der Waals surface area contributed by atoms with Gasteiger partial charge in [0.1, 0.15) is 12.2 Å². The fourth-order valence-electron chi connectivity index (χ4n) is 3.98. The van der Waals surface area contributed by atoms with Gasteiger partial charge < -0.3 is 28.4 Å². The highest BCUT2D eigenvalue weighted by molar-refractivity contribution is 6.33. The summed E-state index contributed by atoms with van der Waals surface area (Å²) < 4.78 is 36.2. The van der Waals surface area contributed by atoms with E-state index in [1.54, 1.807) is 32.0 Å². The Hall–Kier alpha value is -0.880. The van der Waals surface area contributed by atoms with Crippen LogP contribution in [0.25, 0.3) is 0 Å². The highest BCUT2D eigenvalue weighted by atomic mass is 35.5. The summed E-state index contributed by atoms with van der Waals surface area (Å²) in [7, 11) is 0. The standard InChI is InChI=1S/C21H24Cl2O6/c1-6-21(25-10-12-9-13(22)7-8-14(12)23)16(15-11-24-19(2,3)27-15)26-18-17(21)28-20(4,5)29-18/h1,7-9,15-18H,10-11H2,2-5H3/t15-,16-,17+,18-,21-/m1/s1. The molecule has 3 heterocycles. The summed E-state index contributed by atoms with van der Waals surface area (Å²) in [4.78, 5) is 0. The summed E-state index contributed by atoms with van der Waals surface area (Å²) >= 11 is 12.4. The third-order valence-corrected chi connectivity index (χ3v) is 5.86. The van der Waals surface area contributed by atoms with E-state index in [1.807, 2.05) is 13.8 Å². The van der Waals surface area contributed by atoms with Gasteiger partial charge in [-0.25, -0.2) is 0 Å². The lowest BCUT2D eigenvalue weighted by Crippen LogP contribution is -2.55. The van der Waals surface area contributed by atoms with Crippen molar-refractivity contribution in [2.45, 2.75) is 76.1 Å². The Labute approximate surface area is 180 Å². The van der Waals surface area contributed by atoms with Crippen molar-refractivity contribution in [3.8, 4) is 12.3 Å². The molecule has 8 heteroatoms. The zero-order valence-electron chi connectivity index (χ0n) is 16.7. The normalized spacial score (nSPS) is 37.4. The van der Waals surface area contributed by atoms with Crippen molar-refractivity contribution in [2.24, 2.45) is 0 Å². The maximum absolute atomic E-state index is 6.32. The second kappa shape index (κ2) is 7.37. The highest BCUT2D eigenvalue weighted by Crippen LogP contribution is 2.48. The van der Waals surface area contributed by atoms with Crippen LogP contribution >= 0.6 is 23.2 Å². The molecule has 29 heavy (non-hydrogen) atoms. The van der Waals surface area contributed by atoms with E-state index in [-0.39, 0.29) is 6.61 Å². The van der Waals surface area contributed by atoms with E-state index in [9.17, 15) is 0 Å². The summed E-state index contributed by atoms with van der Waals surface area (Å²) in [5.74, 6) is 1.18. The number of rotatable bonds is 4. The topological polar surface area (TPSA) is 55.4 Å². The molecule has 3 aliphatic heterocycles. The molecule has 3 aliphatic rings. The average Bonchev–Trinajstić information content (AvgIpc) is 3.24. The SMILES string of the molecule is C#C[C@@]1(OCc2cc(Cl)ccc2Cl)[C@@H]([C@H]2COC(C)(C)O2)O[C@@H]2OC(C)(C)O[C@@H]21. The van der Waals surface area contributed by atoms with Crippen LogP contribution in [0.3, 0.4) is 0 Å². The molecular formula is C21H24Cl2O6. The third-order valence-electron chi connectivity index (χ3n) is 5.25. The molecule has 1 aromatic carbocycles. The number of ether oxygens (including phenoxy) is 6. The number of fused-ring (bicyclic) bond motifs is 1. The Kier molecular flexibility index (Phi) is 5.42. The molecule has 4 rings (SSSR count). The minimum Gasteiger partial charge on any atom is -0.352 e. The molecule has 158 valence electrons. The lowest BCUT2D eigenvalue weighted by atomic mass is 9.89. The van der Waals surface area contributed by atoms with Crippen LogP contribution in [0.15, 0.2) is 18.2 Å². The van der Waals surface area contributed by atoms with Crippen molar-refractivity contribution in [3.63, 3.8) is 0 Å². The molecule has 0 spiro atoms. The third kappa shape index (κ3) is 3.91. The molecule has 3 fully saturated rings. The van der Waals surface area contributed by atoms with Gasteiger partial charge in [-0.1, -0.05) is 29.1 Å². The average molecular weight is 443 g/mol. The fraction of sp³-hybridized carbons (Fsp3) is 0.619. The summed E-state index contributed by atoms with van der Waals surface area (Å²) in [6.07, 6.45) is 3.60. The predicted octanol–water partition coefficient (Wildman–Crippen LogP) is 3.91.